The van der Waals surface area contributed by atoms with Gasteiger partial charge in [0, 0.05) is 0 Å². The minimum Gasteiger partial charge on any atom is -0.489 e. The molecule has 7 heteroatoms. The number of carbonyl (C=O) groups is 1. The molecule has 0 aliphatic rings. The molecule has 0 saturated carbocycles. The van der Waals surface area contributed by atoms with Crippen LogP contribution in [-0.2, 0) is 16.9 Å². The third-order valence-electron chi connectivity index (χ3n) is 3.82. The van der Waals surface area contributed by atoms with E-state index in [2.05, 4.69) is 5.32 Å². The van der Waals surface area contributed by atoms with Crippen LogP contribution >= 0.6 is 0 Å². The van der Waals surface area contributed by atoms with E-state index in [0.29, 0.717) is 17.9 Å². The van der Waals surface area contributed by atoms with Gasteiger partial charge in [0.25, 0.3) is 0 Å². The Morgan fingerprint density at radius 2 is 1.68 bits per heavy atom. The van der Waals surface area contributed by atoms with E-state index in [1.165, 1.54) is 19.1 Å². The highest BCUT2D eigenvalue weighted by Crippen LogP contribution is 2.25. The molecule has 0 heterocycles. The summed E-state index contributed by atoms with van der Waals surface area (Å²) in [5.41, 5.74) is 4.99. The van der Waals surface area contributed by atoms with Gasteiger partial charge in [-0.25, -0.2) is 0 Å². The van der Waals surface area contributed by atoms with Gasteiger partial charge in [0.05, 0.1) is 6.54 Å². The van der Waals surface area contributed by atoms with E-state index in [9.17, 15) is 18.0 Å². The summed E-state index contributed by atoms with van der Waals surface area (Å²) < 4.78 is 43.0. The van der Waals surface area contributed by atoms with Gasteiger partial charge in [0.15, 0.2) is 0 Å². The second-order valence-electron chi connectivity index (χ2n) is 5.76. The Morgan fingerprint density at radius 1 is 1.08 bits per heavy atom. The standard InChI is InChI=1S/C18H19F3N2O2/c1-17(16(22)24,23-12-18(19,20)21)14-7-9-15(10-8-14)25-11-13-5-3-2-4-6-13/h2-10,23H,11-12H2,1H3,(H2,22,24). The zero-order valence-corrected chi connectivity index (χ0v) is 13.6. The Bertz CT molecular complexity index is 703. The van der Waals surface area contributed by atoms with Gasteiger partial charge >= 0.3 is 6.18 Å². The first-order valence-electron chi connectivity index (χ1n) is 7.60. The predicted octanol–water partition coefficient (Wildman–Crippen LogP) is 3.12. The molecule has 1 unspecified atom stereocenters. The Labute approximate surface area is 143 Å². The molecule has 0 aliphatic heterocycles. The van der Waals surface area contributed by atoms with Crippen molar-refractivity contribution in [3.8, 4) is 5.75 Å². The SMILES string of the molecule is CC(NCC(F)(F)F)(C(N)=O)c1ccc(OCc2ccccc2)cc1. The highest BCUT2D eigenvalue weighted by Gasteiger charge is 2.37. The maximum atomic E-state index is 12.5. The molecule has 4 nitrogen and oxygen atoms in total. The molecule has 0 spiro atoms. The highest BCUT2D eigenvalue weighted by atomic mass is 19.4. The molecule has 2 rings (SSSR count). The van der Waals surface area contributed by atoms with E-state index in [-0.39, 0.29) is 0 Å². The molecule has 0 aromatic heterocycles. The van der Waals surface area contributed by atoms with Gasteiger partial charge in [-0.3, -0.25) is 10.1 Å². The number of hydrogen-bond donors (Lipinski definition) is 2. The summed E-state index contributed by atoms with van der Waals surface area (Å²) in [6.07, 6.45) is -4.45. The average molecular weight is 352 g/mol. The normalized spacial score (nSPS) is 13.9. The van der Waals surface area contributed by atoms with Crippen molar-refractivity contribution < 1.29 is 22.7 Å². The maximum Gasteiger partial charge on any atom is 0.401 e. The molecule has 2 aromatic carbocycles. The number of alkyl halides is 3. The van der Waals surface area contributed by atoms with Crippen LogP contribution in [0.3, 0.4) is 0 Å². The lowest BCUT2D eigenvalue weighted by Gasteiger charge is -2.28. The van der Waals surface area contributed by atoms with Crippen molar-refractivity contribution in [3.05, 3.63) is 65.7 Å². The Kier molecular flexibility index (Phi) is 5.69. The van der Waals surface area contributed by atoms with Crippen LogP contribution in [0.2, 0.25) is 0 Å². The number of carbonyl (C=O) groups excluding carboxylic acids is 1. The minimum atomic E-state index is -4.45. The summed E-state index contributed by atoms with van der Waals surface area (Å²) in [7, 11) is 0. The molecule has 0 aliphatic carbocycles. The first-order valence-corrected chi connectivity index (χ1v) is 7.60. The van der Waals surface area contributed by atoms with Crippen LogP contribution in [-0.4, -0.2) is 18.6 Å². The summed E-state index contributed by atoms with van der Waals surface area (Å²) >= 11 is 0. The molecule has 1 amide bonds. The molecule has 25 heavy (non-hydrogen) atoms. The fraction of sp³-hybridized carbons (Fsp3) is 0.278. The number of halogens is 3. The van der Waals surface area contributed by atoms with E-state index in [1.54, 1.807) is 12.1 Å². The first-order chi connectivity index (χ1) is 11.7. The van der Waals surface area contributed by atoms with Gasteiger partial charge < -0.3 is 10.5 Å². The summed E-state index contributed by atoms with van der Waals surface area (Å²) in [6.45, 7) is 0.360. The monoisotopic (exact) mass is 352 g/mol. The Hall–Kier alpha value is -2.54. The number of rotatable bonds is 7. The number of amides is 1. The van der Waals surface area contributed by atoms with Crippen molar-refractivity contribution in [1.82, 2.24) is 5.32 Å². The van der Waals surface area contributed by atoms with Crippen molar-refractivity contribution in [2.24, 2.45) is 5.73 Å². The lowest BCUT2D eigenvalue weighted by atomic mass is 9.91. The number of ether oxygens (including phenoxy) is 1. The third kappa shape index (κ3) is 5.22. The summed E-state index contributed by atoms with van der Waals surface area (Å²) in [5, 5.41) is 2.19. The largest absolute Gasteiger partial charge is 0.489 e. The number of nitrogens with one attached hydrogen (secondary N) is 1. The van der Waals surface area contributed by atoms with Gasteiger partial charge in [0.2, 0.25) is 5.91 Å². The van der Waals surface area contributed by atoms with Crippen molar-refractivity contribution in [2.75, 3.05) is 6.54 Å². The molecule has 0 radical (unpaired) electrons. The second kappa shape index (κ2) is 7.57. The Morgan fingerprint density at radius 3 is 2.20 bits per heavy atom. The van der Waals surface area contributed by atoms with Crippen molar-refractivity contribution >= 4 is 5.91 Å². The fourth-order valence-corrected chi connectivity index (χ4v) is 2.23. The number of benzene rings is 2. The van der Waals surface area contributed by atoms with Crippen molar-refractivity contribution in [2.45, 2.75) is 25.2 Å². The third-order valence-corrected chi connectivity index (χ3v) is 3.82. The number of hydrogen-bond acceptors (Lipinski definition) is 3. The van der Waals surface area contributed by atoms with Crippen LogP contribution < -0.4 is 15.8 Å². The predicted molar refractivity (Wildman–Crippen MR) is 87.8 cm³/mol. The lowest BCUT2D eigenvalue weighted by molar-refractivity contribution is -0.135. The van der Waals surface area contributed by atoms with Gasteiger partial charge in [-0.2, -0.15) is 13.2 Å². The lowest BCUT2D eigenvalue weighted by Crippen LogP contribution is -2.53. The van der Waals surface area contributed by atoms with Gasteiger partial charge in [-0.05, 0) is 30.2 Å². The van der Waals surface area contributed by atoms with Gasteiger partial charge in [0.1, 0.15) is 17.9 Å². The molecule has 134 valence electrons. The van der Waals surface area contributed by atoms with E-state index in [4.69, 9.17) is 10.5 Å². The number of nitrogens with two attached hydrogens (primary N) is 1. The minimum absolute atomic E-state index is 0.330. The highest BCUT2D eigenvalue weighted by molar-refractivity contribution is 5.85. The molecule has 0 fully saturated rings. The average Bonchev–Trinajstić information content (AvgIpc) is 2.58. The summed E-state index contributed by atoms with van der Waals surface area (Å²) in [6, 6.07) is 15.8. The zero-order valence-electron chi connectivity index (χ0n) is 13.6. The van der Waals surface area contributed by atoms with E-state index in [1.807, 2.05) is 30.3 Å². The van der Waals surface area contributed by atoms with Crippen LogP contribution in [0.25, 0.3) is 0 Å². The summed E-state index contributed by atoms with van der Waals surface area (Å²) in [4.78, 5) is 11.7. The smallest absolute Gasteiger partial charge is 0.401 e. The quantitative estimate of drug-likeness (QED) is 0.805. The van der Waals surface area contributed by atoms with E-state index in [0.717, 1.165) is 5.56 Å². The maximum absolute atomic E-state index is 12.5. The van der Waals surface area contributed by atoms with Crippen molar-refractivity contribution in [3.63, 3.8) is 0 Å². The van der Waals surface area contributed by atoms with Crippen LogP contribution in [0.4, 0.5) is 13.2 Å². The topological polar surface area (TPSA) is 64.3 Å². The fourth-order valence-electron chi connectivity index (χ4n) is 2.23. The van der Waals surface area contributed by atoms with Crippen LogP contribution in [0.15, 0.2) is 54.6 Å². The zero-order chi connectivity index (χ0) is 18.5. The van der Waals surface area contributed by atoms with Gasteiger partial charge in [-0.1, -0.05) is 42.5 Å². The molecule has 0 saturated heterocycles. The van der Waals surface area contributed by atoms with Crippen LogP contribution in [0, 0.1) is 0 Å². The van der Waals surface area contributed by atoms with Crippen LogP contribution in [0.5, 0.6) is 5.75 Å². The molecule has 0 bridgehead atoms. The van der Waals surface area contributed by atoms with E-state index < -0.39 is 24.2 Å². The first kappa shape index (κ1) is 18.8. The molecule has 1 atom stereocenters. The van der Waals surface area contributed by atoms with Gasteiger partial charge in [-0.15, -0.1) is 0 Å². The van der Waals surface area contributed by atoms with Crippen LogP contribution in [0.1, 0.15) is 18.1 Å². The molecule has 3 N–H and O–H groups in total. The second-order valence-corrected chi connectivity index (χ2v) is 5.76. The van der Waals surface area contributed by atoms with E-state index >= 15 is 0 Å². The summed E-state index contributed by atoms with van der Waals surface area (Å²) in [5.74, 6) is -0.357. The molecule has 2 aromatic rings. The number of primary amides is 1. The molecular formula is C18H19F3N2O2. The van der Waals surface area contributed by atoms with Crippen molar-refractivity contribution in [1.29, 1.82) is 0 Å². The Balaban J connectivity index is 2.08. The molecular weight excluding hydrogens is 333 g/mol.